The van der Waals surface area contributed by atoms with Gasteiger partial charge in [0.05, 0.1) is 6.20 Å². The summed E-state index contributed by atoms with van der Waals surface area (Å²) in [5, 5.41) is 0.706. The first-order valence-corrected chi connectivity index (χ1v) is 9.82. The molecule has 1 aliphatic rings. The van der Waals surface area contributed by atoms with Crippen molar-refractivity contribution in [1.29, 1.82) is 0 Å². The van der Waals surface area contributed by atoms with Gasteiger partial charge in [0.25, 0.3) is 0 Å². The minimum Gasteiger partial charge on any atom is -0.355 e. The molecule has 2 heterocycles. The van der Waals surface area contributed by atoms with Crippen molar-refractivity contribution in [2.45, 2.75) is 32.6 Å². The van der Waals surface area contributed by atoms with Gasteiger partial charge in [-0.15, -0.1) is 0 Å². The van der Waals surface area contributed by atoms with Gasteiger partial charge in [0, 0.05) is 30.2 Å². The number of benzene rings is 2. The van der Waals surface area contributed by atoms with Crippen LogP contribution in [0.3, 0.4) is 0 Å². The molecular weight excluding hydrogens is 361 g/mol. The Kier molecular flexibility index (Phi) is 5.17. The molecule has 3 nitrogen and oxygen atoms in total. The van der Waals surface area contributed by atoms with Crippen LogP contribution >= 0.6 is 11.6 Å². The minimum atomic E-state index is -0.212. The third-order valence-electron chi connectivity index (χ3n) is 5.21. The summed E-state index contributed by atoms with van der Waals surface area (Å²) in [7, 11) is 0. The number of hydrogen-bond acceptors (Lipinski definition) is 2. The molecule has 0 saturated carbocycles. The second-order valence-electron chi connectivity index (χ2n) is 7.16. The van der Waals surface area contributed by atoms with Crippen molar-refractivity contribution in [3.05, 3.63) is 76.5 Å². The molecule has 3 aromatic rings. The van der Waals surface area contributed by atoms with E-state index in [4.69, 9.17) is 16.6 Å². The lowest BCUT2D eigenvalue weighted by molar-refractivity contribution is 0.574. The van der Waals surface area contributed by atoms with Crippen molar-refractivity contribution in [2.75, 3.05) is 18.0 Å². The maximum Gasteiger partial charge on any atom is 0.147 e. The van der Waals surface area contributed by atoms with Crippen LogP contribution in [0.1, 0.15) is 36.2 Å². The Morgan fingerprint density at radius 1 is 1.04 bits per heavy atom. The summed E-state index contributed by atoms with van der Waals surface area (Å²) < 4.78 is 15.9. The zero-order chi connectivity index (χ0) is 18.8. The number of imidazole rings is 1. The molecule has 0 bridgehead atoms. The van der Waals surface area contributed by atoms with Crippen LogP contribution in [0.2, 0.25) is 5.02 Å². The van der Waals surface area contributed by atoms with Crippen LogP contribution in [0.25, 0.3) is 5.69 Å². The van der Waals surface area contributed by atoms with Gasteiger partial charge in [-0.1, -0.05) is 17.7 Å². The predicted octanol–water partition coefficient (Wildman–Crippen LogP) is 5.55. The Balaban J connectivity index is 1.74. The van der Waals surface area contributed by atoms with Gasteiger partial charge in [0.15, 0.2) is 0 Å². The van der Waals surface area contributed by atoms with Crippen molar-refractivity contribution < 1.29 is 4.39 Å². The molecule has 0 aliphatic carbocycles. The molecule has 1 aliphatic heterocycles. The molecule has 27 heavy (non-hydrogen) atoms. The molecule has 0 atom stereocenters. The number of hydrogen-bond donors (Lipinski definition) is 0. The Hall–Kier alpha value is -2.33. The molecular formula is C22H23ClFN3. The number of anilines is 1. The summed E-state index contributed by atoms with van der Waals surface area (Å²) >= 11 is 6.06. The van der Waals surface area contributed by atoms with E-state index in [1.807, 2.05) is 37.3 Å². The largest absolute Gasteiger partial charge is 0.355 e. The van der Waals surface area contributed by atoms with E-state index in [9.17, 15) is 4.39 Å². The second kappa shape index (κ2) is 7.73. The summed E-state index contributed by atoms with van der Waals surface area (Å²) in [5.74, 6) is 1.69. The molecule has 0 spiro atoms. The summed E-state index contributed by atoms with van der Waals surface area (Å²) in [4.78, 5) is 7.28. The molecule has 1 fully saturated rings. The van der Waals surface area contributed by atoms with E-state index in [1.165, 1.54) is 25.3 Å². The number of aryl methyl sites for hydroxylation is 1. The fourth-order valence-corrected chi connectivity index (χ4v) is 3.76. The lowest BCUT2D eigenvalue weighted by Gasteiger charge is -2.26. The van der Waals surface area contributed by atoms with Gasteiger partial charge >= 0.3 is 0 Å². The quantitative estimate of drug-likeness (QED) is 0.588. The van der Waals surface area contributed by atoms with Crippen molar-refractivity contribution in [1.82, 2.24) is 9.55 Å². The monoisotopic (exact) mass is 383 g/mol. The third kappa shape index (κ3) is 4.01. The SMILES string of the molecule is Cc1ccc(F)cc1Cc1nc(N2CCCCC2)cn1-c1ccc(Cl)cc1. The van der Waals surface area contributed by atoms with Crippen molar-refractivity contribution in [3.63, 3.8) is 0 Å². The zero-order valence-electron chi connectivity index (χ0n) is 15.5. The number of piperidine rings is 1. The first kappa shape index (κ1) is 18.1. The summed E-state index contributed by atoms with van der Waals surface area (Å²) in [6, 6.07) is 12.7. The average molecular weight is 384 g/mol. The smallest absolute Gasteiger partial charge is 0.147 e. The molecule has 5 heteroatoms. The van der Waals surface area contributed by atoms with Crippen LogP contribution in [0.4, 0.5) is 10.2 Å². The first-order chi connectivity index (χ1) is 13.1. The van der Waals surface area contributed by atoms with Gasteiger partial charge < -0.3 is 9.47 Å². The van der Waals surface area contributed by atoms with Gasteiger partial charge in [0.2, 0.25) is 0 Å². The van der Waals surface area contributed by atoms with Crippen LogP contribution < -0.4 is 4.90 Å². The standard InChI is InChI=1S/C22H23ClFN3/c1-16-5-8-19(24)13-17(16)14-21-25-22(26-11-3-2-4-12-26)15-27(21)20-9-6-18(23)7-10-20/h5-10,13,15H,2-4,11-12,14H2,1H3. The van der Waals surface area contributed by atoms with E-state index in [2.05, 4.69) is 15.7 Å². The van der Waals surface area contributed by atoms with E-state index >= 15 is 0 Å². The number of nitrogens with zero attached hydrogens (tertiary/aromatic N) is 3. The third-order valence-corrected chi connectivity index (χ3v) is 5.46. The van der Waals surface area contributed by atoms with E-state index in [1.54, 1.807) is 6.07 Å². The van der Waals surface area contributed by atoms with Gasteiger partial charge in [0.1, 0.15) is 17.5 Å². The van der Waals surface area contributed by atoms with Crippen LogP contribution in [-0.4, -0.2) is 22.6 Å². The van der Waals surface area contributed by atoms with Crippen molar-refractivity contribution in [2.24, 2.45) is 0 Å². The van der Waals surface area contributed by atoms with E-state index in [0.29, 0.717) is 11.4 Å². The van der Waals surface area contributed by atoms with Crippen LogP contribution in [0.5, 0.6) is 0 Å². The summed E-state index contributed by atoms with van der Waals surface area (Å²) in [6.07, 6.45) is 6.36. The highest BCUT2D eigenvalue weighted by Gasteiger charge is 2.18. The number of rotatable bonds is 4. The topological polar surface area (TPSA) is 21.1 Å². The lowest BCUT2D eigenvalue weighted by atomic mass is 10.1. The lowest BCUT2D eigenvalue weighted by Crippen LogP contribution is -2.29. The van der Waals surface area contributed by atoms with Crippen LogP contribution in [0.15, 0.2) is 48.7 Å². The van der Waals surface area contributed by atoms with Crippen molar-refractivity contribution >= 4 is 17.4 Å². The zero-order valence-corrected chi connectivity index (χ0v) is 16.2. The molecule has 0 radical (unpaired) electrons. The highest BCUT2D eigenvalue weighted by Crippen LogP contribution is 2.25. The first-order valence-electron chi connectivity index (χ1n) is 9.44. The molecule has 0 N–H and O–H groups in total. The molecule has 4 rings (SSSR count). The highest BCUT2D eigenvalue weighted by atomic mass is 35.5. The molecule has 0 unspecified atom stereocenters. The van der Waals surface area contributed by atoms with E-state index in [-0.39, 0.29) is 5.82 Å². The molecule has 2 aromatic carbocycles. The normalized spacial score (nSPS) is 14.6. The summed E-state index contributed by atoms with van der Waals surface area (Å²) in [5.41, 5.74) is 3.04. The fourth-order valence-electron chi connectivity index (χ4n) is 3.63. The number of aromatic nitrogens is 2. The van der Waals surface area contributed by atoms with E-state index < -0.39 is 0 Å². The Labute approximate surface area is 164 Å². The maximum absolute atomic E-state index is 13.8. The maximum atomic E-state index is 13.8. The molecule has 0 amide bonds. The molecule has 1 saturated heterocycles. The van der Waals surface area contributed by atoms with Gasteiger partial charge in [-0.2, -0.15) is 0 Å². The number of halogens is 2. The molecule has 1 aromatic heterocycles. The second-order valence-corrected chi connectivity index (χ2v) is 7.59. The van der Waals surface area contributed by atoms with Crippen LogP contribution in [0, 0.1) is 12.7 Å². The van der Waals surface area contributed by atoms with Gasteiger partial charge in [-0.3, -0.25) is 0 Å². The fraction of sp³-hybridized carbons (Fsp3) is 0.318. The van der Waals surface area contributed by atoms with Crippen LogP contribution in [-0.2, 0) is 6.42 Å². The Morgan fingerprint density at radius 2 is 1.78 bits per heavy atom. The summed E-state index contributed by atoms with van der Waals surface area (Å²) in [6.45, 7) is 4.09. The van der Waals surface area contributed by atoms with Crippen molar-refractivity contribution in [3.8, 4) is 5.69 Å². The highest BCUT2D eigenvalue weighted by molar-refractivity contribution is 6.30. The van der Waals surface area contributed by atoms with Gasteiger partial charge in [-0.05, 0) is 73.7 Å². The van der Waals surface area contributed by atoms with Gasteiger partial charge in [-0.25, -0.2) is 9.37 Å². The molecule has 140 valence electrons. The Bertz CT molecular complexity index is 927. The Morgan fingerprint density at radius 3 is 2.52 bits per heavy atom. The minimum absolute atomic E-state index is 0.212. The predicted molar refractivity (Wildman–Crippen MR) is 109 cm³/mol. The van der Waals surface area contributed by atoms with E-state index in [0.717, 1.165) is 41.5 Å². The average Bonchev–Trinajstić information content (AvgIpc) is 3.10.